The van der Waals surface area contributed by atoms with Gasteiger partial charge in [0.05, 0.1) is 12.7 Å². The van der Waals surface area contributed by atoms with Crippen molar-refractivity contribution in [3.8, 4) is 5.75 Å². The van der Waals surface area contributed by atoms with Crippen molar-refractivity contribution in [1.29, 1.82) is 0 Å². The lowest BCUT2D eigenvalue weighted by Gasteiger charge is -2.08. The Balaban J connectivity index is 2.23. The van der Waals surface area contributed by atoms with E-state index >= 15 is 0 Å². The number of carbonyl (C=O) groups excluding carboxylic acids is 1. The van der Waals surface area contributed by atoms with Crippen molar-refractivity contribution in [1.82, 2.24) is 5.32 Å². The highest BCUT2D eigenvalue weighted by Gasteiger charge is 2.25. The Bertz CT molecular complexity index is 388. The summed E-state index contributed by atoms with van der Waals surface area (Å²) in [4.78, 5) is 11.8. The van der Waals surface area contributed by atoms with E-state index in [4.69, 9.17) is 4.74 Å². The molecule has 1 fully saturated rings. The first-order valence-electron chi connectivity index (χ1n) is 4.85. The molecule has 0 saturated heterocycles. The summed E-state index contributed by atoms with van der Waals surface area (Å²) in [5.41, 5.74) is 0.582. The average molecular weight is 270 g/mol. The van der Waals surface area contributed by atoms with Gasteiger partial charge in [-0.25, -0.2) is 0 Å². The van der Waals surface area contributed by atoms with Crippen molar-refractivity contribution in [3.63, 3.8) is 0 Å². The smallest absolute Gasteiger partial charge is 0.255 e. The maximum atomic E-state index is 11.8. The third kappa shape index (κ3) is 2.50. The summed E-state index contributed by atoms with van der Waals surface area (Å²) in [7, 11) is 1.57. The van der Waals surface area contributed by atoms with Crippen LogP contribution in [0.4, 0.5) is 0 Å². The number of ether oxygens (including phenoxy) is 1. The van der Waals surface area contributed by atoms with Crippen LogP contribution in [0.25, 0.3) is 0 Å². The molecule has 0 heterocycles. The van der Waals surface area contributed by atoms with Crippen molar-refractivity contribution in [2.45, 2.75) is 18.9 Å². The number of amides is 1. The number of hydrogen-bond donors (Lipinski definition) is 1. The molecule has 1 aromatic rings. The van der Waals surface area contributed by atoms with Gasteiger partial charge in [-0.3, -0.25) is 4.79 Å². The zero-order valence-electron chi connectivity index (χ0n) is 8.42. The molecular formula is C11H12BrNO2. The van der Waals surface area contributed by atoms with Gasteiger partial charge < -0.3 is 10.1 Å². The van der Waals surface area contributed by atoms with Crippen LogP contribution >= 0.6 is 15.9 Å². The lowest BCUT2D eigenvalue weighted by molar-refractivity contribution is 0.0948. The Morgan fingerprint density at radius 2 is 2.27 bits per heavy atom. The van der Waals surface area contributed by atoms with Crippen molar-refractivity contribution in [2.24, 2.45) is 0 Å². The number of benzene rings is 1. The molecule has 1 N–H and O–H groups in total. The van der Waals surface area contributed by atoms with Crippen LogP contribution in [-0.2, 0) is 0 Å². The van der Waals surface area contributed by atoms with Gasteiger partial charge in [-0.15, -0.1) is 0 Å². The summed E-state index contributed by atoms with van der Waals surface area (Å²) in [6, 6.07) is 5.77. The van der Waals surface area contributed by atoms with Crippen LogP contribution in [0.2, 0.25) is 0 Å². The van der Waals surface area contributed by atoms with Crippen LogP contribution in [0.15, 0.2) is 22.7 Å². The molecule has 1 aliphatic rings. The summed E-state index contributed by atoms with van der Waals surface area (Å²) < 4.78 is 6.02. The lowest BCUT2D eigenvalue weighted by atomic mass is 10.2. The monoisotopic (exact) mass is 269 g/mol. The van der Waals surface area contributed by atoms with Gasteiger partial charge in [-0.1, -0.05) is 15.9 Å². The van der Waals surface area contributed by atoms with Gasteiger partial charge in [0.15, 0.2) is 0 Å². The number of methoxy groups -OCH3 is 1. The first kappa shape index (κ1) is 10.5. The second-order valence-corrected chi connectivity index (χ2v) is 4.51. The van der Waals surface area contributed by atoms with Crippen LogP contribution < -0.4 is 10.1 Å². The molecule has 0 spiro atoms. The normalized spacial score (nSPS) is 14.8. The van der Waals surface area contributed by atoms with E-state index in [-0.39, 0.29) is 5.91 Å². The average Bonchev–Trinajstić information content (AvgIpc) is 3.01. The molecule has 2 rings (SSSR count). The highest BCUT2D eigenvalue weighted by atomic mass is 79.9. The summed E-state index contributed by atoms with van der Waals surface area (Å²) in [5, 5.41) is 2.93. The molecule has 0 atom stereocenters. The van der Waals surface area contributed by atoms with E-state index in [9.17, 15) is 4.79 Å². The minimum atomic E-state index is -0.0596. The molecule has 1 amide bonds. The Labute approximate surface area is 96.9 Å². The molecule has 0 aromatic heterocycles. The van der Waals surface area contributed by atoms with Crippen LogP contribution in [0.1, 0.15) is 23.2 Å². The predicted molar refractivity (Wildman–Crippen MR) is 61.2 cm³/mol. The quantitative estimate of drug-likeness (QED) is 0.915. The molecule has 15 heavy (non-hydrogen) atoms. The highest BCUT2D eigenvalue weighted by Crippen LogP contribution is 2.25. The van der Waals surface area contributed by atoms with Gasteiger partial charge in [0, 0.05) is 10.5 Å². The predicted octanol–water partition coefficient (Wildman–Crippen LogP) is 2.35. The molecule has 1 saturated carbocycles. The minimum absolute atomic E-state index is 0.0596. The van der Waals surface area contributed by atoms with Crippen LogP contribution in [-0.4, -0.2) is 19.1 Å². The largest absolute Gasteiger partial charge is 0.496 e. The standard InChI is InChI=1S/C11H12BrNO2/c1-15-10-5-2-7(12)6-9(10)11(14)13-8-3-4-8/h2,5-6,8H,3-4H2,1H3,(H,13,14). The molecule has 0 aliphatic heterocycles. The second kappa shape index (κ2) is 4.23. The molecule has 0 unspecified atom stereocenters. The van der Waals surface area contributed by atoms with Crippen LogP contribution in [0.5, 0.6) is 5.75 Å². The van der Waals surface area contributed by atoms with Gasteiger partial charge in [-0.2, -0.15) is 0 Å². The summed E-state index contributed by atoms with van der Waals surface area (Å²) in [5.74, 6) is 0.548. The van der Waals surface area contributed by atoms with Crippen molar-refractivity contribution in [2.75, 3.05) is 7.11 Å². The Morgan fingerprint density at radius 3 is 2.87 bits per heavy atom. The molecule has 3 nitrogen and oxygen atoms in total. The van der Waals surface area contributed by atoms with E-state index in [0.717, 1.165) is 17.3 Å². The van der Waals surface area contributed by atoms with Crippen LogP contribution in [0.3, 0.4) is 0 Å². The maximum absolute atomic E-state index is 11.8. The minimum Gasteiger partial charge on any atom is -0.496 e. The van der Waals surface area contributed by atoms with Crippen LogP contribution in [0, 0.1) is 0 Å². The fourth-order valence-electron chi connectivity index (χ4n) is 1.35. The maximum Gasteiger partial charge on any atom is 0.255 e. The first-order valence-corrected chi connectivity index (χ1v) is 5.64. The summed E-state index contributed by atoms with van der Waals surface area (Å²) >= 11 is 3.34. The Kier molecular flexibility index (Phi) is 2.95. The van der Waals surface area contributed by atoms with Gasteiger partial charge >= 0.3 is 0 Å². The second-order valence-electron chi connectivity index (χ2n) is 3.59. The third-order valence-corrected chi connectivity index (χ3v) is 2.81. The lowest BCUT2D eigenvalue weighted by Crippen LogP contribution is -2.25. The zero-order chi connectivity index (χ0) is 10.8. The summed E-state index contributed by atoms with van der Waals surface area (Å²) in [6.45, 7) is 0. The van der Waals surface area contributed by atoms with Gasteiger partial charge in [0.2, 0.25) is 0 Å². The Hall–Kier alpha value is -1.03. The number of halogens is 1. The third-order valence-electron chi connectivity index (χ3n) is 2.32. The fraction of sp³-hybridized carbons (Fsp3) is 0.364. The van der Waals surface area contributed by atoms with Gasteiger partial charge in [0.25, 0.3) is 5.91 Å². The topological polar surface area (TPSA) is 38.3 Å². The Morgan fingerprint density at radius 1 is 1.53 bits per heavy atom. The number of hydrogen-bond acceptors (Lipinski definition) is 2. The van der Waals surface area contributed by atoms with E-state index in [1.165, 1.54) is 0 Å². The molecule has 4 heteroatoms. The fourth-order valence-corrected chi connectivity index (χ4v) is 1.71. The SMILES string of the molecule is COc1ccc(Br)cc1C(=O)NC1CC1. The molecule has 1 aliphatic carbocycles. The number of nitrogens with one attached hydrogen (secondary N) is 1. The number of carbonyl (C=O) groups is 1. The zero-order valence-corrected chi connectivity index (χ0v) is 10.0. The van der Waals surface area contributed by atoms with Crippen molar-refractivity contribution >= 4 is 21.8 Å². The van der Waals surface area contributed by atoms with E-state index in [0.29, 0.717) is 17.4 Å². The van der Waals surface area contributed by atoms with E-state index in [1.807, 2.05) is 6.07 Å². The first-order chi connectivity index (χ1) is 7.20. The molecular weight excluding hydrogens is 258 g/mol. The summed E-state index contributed by atoms with van der Waals surface area (Å²) in [6.07, 6.45) is 2.17. The molecule has 80 valence electrons. The highest BCUT2D eigenvalue weighted by molar-refractivity contribution is 9.10. The van der Waals surface area contributed by atoms with E-state index in [1.54, 1.807) is 19.2 Å². The molecule has 0 radical (unpaired) electrons. The van der Waals surface area contributed by atoms with Gasteiger partial charge in [-0.05, 0) is 31.0 Å². The van der Waals surface area contributed by atoms with E-state index in [2.05, 4.69) is 21.2 Å². The van der Waals surface area contributed by atoms with Crippen molar-refractivity contribution in [3.05, 3.63) is 28.2 Å². The molecule has 1 aromatic carbocycles. The van der Waals surface area contributed by atoms with Gasteiger partial charge in [0.1, 0.15) is 5.75 Å². The number of rotatable bonds is 3. The van der Waals surface area contributed by atoms with E-state index < -0.39 is 0 Å². The molecule has 0 bridgehead atoms. The van der Waals surface area contributed by atoms with Crippen molar-refractivity contribution < 1.29 is 9.53 Å².